The Hall–Kier alpha value is -2.08. The fourth-order valence-corrected chi connectivity index (χ4v) is 2.84. The van der Waals surface area contributed by atoms with E-state index < -0.39 is 0 Å². The Bertz CT molecular complexity index is 716. The van der Waals surface area contributed by atoms with E-state index in [2.05, 4.69) is 116 Å². The number of hydrogen-bond acceptors (Lipinski definition) is 0. The summed E-state index contributed by atoms with van der Waals surface area (Å²) in [4.78, 5) is 0. The van der Waals surface area contributed by atoms with Crippen LogP contribution in [0.15, 0.2) is 94.2 Å². The molecule has 0 atom stereocenters. The standard InChI is InChI=1S/C30H46/c1-25(2)15-11-19-29(7)23-13-21-27(5)17-9-10-18-28(6)22-14-24-30(8)20-12-16-26(3)4/h9-10,13,15-18,21,23-24H,11-12,14,19-20,22H2,1-8H3/b10-9+,21-13+,27-17+,28-18+,29-23+,30-24+. The third kappa shape index (κ3) is 19.2. The molecule has 0 aromatic carbocycles. The molecule has 0 amide bonds. The average molecular weight is 407 g/mol. The van der Waals surface area contributed by atoms with Crippen molar-refractivity contribution in [3.63, 3.8) is 0 Å². The molecule has 0 saturated heterocycles. The Morgan fingerprint density at radius 1 is 0.467 bits per heavy atom. The van der Waals surface area contributed by atoms with E-state index in [1.165, 1.54) is 39.9 Å². The van der Waals surface area contributed by atoms with Crippen molar-refractivity contribution in [2.75, 3.05) is 0 Å². The maximum absolute atomic E-state index is 2.39. The minimum absolute atomic E-state index is 1.13. The van der Waals surface area contributed by atoms with Crippen LogP contribution in [-0.2, 0) is 0 Å². The summed E-state index contributed by atoms with van der Waals surface area (Å²) in [6, 6.07) is 0. The Morgan fingerprint density at radius 3 is 1.43 bits per heavy atom. The third-order valence-corrected chi connectivity index (χ3v) is 4.80. The van der Waals surface area contributed by atoms with Crippen molar-refractivity contribution in [1.29, 1.82) is 0 Å². The molecule has 0 aromatic heterocycles. The molecule has 0 nitrogen and oxygen atoms in total. The SMILES string of the molecule is CC(C)=CCC/C(C)=C/C=C/C(C)=C/C=C/C=C(\C)CC/C=C(\C)CCC=C(C)C. The first kappa shape index (κ1) is 27.9. The van der Waals surface area contributed by atoms with Gasteiger partial charge in [0, 0.05) is 0 Å². The van der Waals surface area contributed by atoms with Gasteiger partial charge in [0.15, 0.2) is 0 Å². The number of allylic oxidation sites excluding steroid dienone is 16. The summed E-state index contributed by atoms with van der Waals surface area (Å²) in [6.07, 6.45) is 29.1. The topological polar surface area (TPSA) is 0 Å². The number of rotatable bonds is 13. The molecular weight excluding hydrogens is 360 g/mol. The monoisotopic (exact) mass is 406 g/mol. The summed E-state index contributed by atoms with van der Waals surface area (Å²) in [6.45, 7) is 17.5. The Morgan fingerprint density at radius 2 is 0.900 bits per heavy atom. The first-order valence-corrected chi connectivity index (χ1v) is 11.5. The van der Waals surface area contributed by atoms with Gasteiger partial charge in [-0.25, -0.2) is 0 Å². The lowest BCUT2D eigenvalue weighted by atomic mass is 10.1. The van der Waals surface area contributed by atoms with Gasteiger partial charge >= 0.3 is 0 Å². The fourth-order valence-electron chi connectivity index (χ4n) is 2.84. The van der Waals surface area contributed by atoms with E-state index >= 15 is 0 Å². The second kappa shape index (κ2) is 17.8. The van der Waals surface area contributed by atoms with Gasteiger partial charge in [0.1, 0.15) is 0 Å². The molecule has 0 rings (SSSR count). The summed E-state index contributed by atoms with van der Waals surface area (Å²) in [5, 5.41) is 0. The maximum Gasteiger partial charge on any atom is -0.0285 e. The quantitative estimate of drug-likeness (QED) is 0.211. The molecule has 0 unspecified atom stereocenters. The zero-order valence-electron chi connectivity index (χ0n) is 21.0. The van der Waals surface area contributed by atoms with Gasteiger partial charge in [-0.1, -0.05) is 94.2 Å². The van der Waals surface area contributed by atoms with Gasteiger partial charge in [-0.15, -0.1) is 0 Å². The first-order valence-electron chi connectivity index (χ1n) is 11.5. The van der Waals surface area contributed by atoms with Crippen LogP contribution in [0.2, 0.25) is 0 Å². The van der Waals surface area contributed by atoms with Crippen LogP contribution in [0.1, 0.15) is 93.9 Å². The van der Waals surface area contributed by atoms with Crippen LogP contribution in [0.3, 0.4) is 0 Å². The van der Waals surface area contributed by atoms with Gasteiger partial charge in [0.2, 0.25) is 0 Å². The van der Waals surface area contributed by atoms with Gasteiger partial charge in [0.05, 0.1) is 0 Å². The highest BCUT2D eigenvalue weighted by atomic mass is 14.0. The summed E-state index contributed by atoms with van der Waals surface area (Å²) in [7, 11) is 0. The minimum Gasteiger partial charge on any atom is -0.0856 e. The molecule has 0 saturated carbocycles. The smallest absolute Gasteiger partial charge is 0.0285 e. The van der Waals surface area contributed by atoms with E-state index in [-0.39, 0.29) is 0 Å². The van der Waals surface area contributed by atoms with Gasteiger partial charge in [-0.2, -0.15) is 0 Å². The maximum atomic E-state index is 2.39. The van der Waals surface area contributed by atoms with Crippen LogP contribution < -0.4 is 0 Å². The largest absolute Gasteiger partial charge is 0.0856 e. The van der Waals surface area contributed by atoms with Crippen LogP contribution in [0.4, 0.5) is 0 Å². The predicted octanol–water partition coefficient (Wildman–Crippen LogP) is 10.2. The molecule has 166 valence electrons. The highest BCUT2D eigenvalue weighted by Gasteiger charge is 1.91. The summed E-state index contributed by atoms with van der Waals surface area (Å²) in [5.74, 6) is 0. The summed E-state index contributed by atoms with van der Waals surface area (Å²) in [5.41, 5.74) is 8.43. The van der Waals surface area contributed by atoms with Crippen molar-refractivity contribution in [3.8, 4) is 0 Å². The fraction of sp³-hybridized carbons (Fsp3) is 0.467. The third-order valence-electron chi connectivity index (χ3n) is 4.80. The molecule has 0 radical (unpaired) electrons. The number of hydrogen-bond donors (Lipinski definition) is 0. The molecule has 30 heavy (non-hydrogen) atoms. The van der Waals surface area contributed by atoms with Crippen LogP contribution >= 0.6 is 0 Å². The molecule has 0 aliphatic rings. The van der Waals surface area contributed by atoms with E-state index in [1.807, 2.05) is 0 Å². The van der Waals surface area contributed by atoms with Gasteiger partial charge < -0.3 is 0 Å². The molecule has 0 spiro atoms. The zero-order valence-corrected chi connectivity index (χ0v) is 21.0. The molecule has 0 aromatic rings. The van der Waals surface area contributed by atoms with Crippen LogP contribution in [0, 0.1) is 0 Å². The van der Waals surface area contributed by atoms with E-state index in [4.69, 9.17) is 0 Å². The van der Waals surface area contributed by atoms with Crippen molar-refractivity contribution in [2.45, 2.75) is 93.9 Å². The minimum atomic E-state index is 1.13. The van der Waals surface area contributed by atoms with E-state index in [1.54, 1.807) is 0 Å². The van der Waals surface area contributed by atoms with Gasteiger partial charge in [-0.05, 0) is 93.9 Å². The van der Waals surface area contributed by atoms with Crippen molar-refractivity contribution >= 4 is 0 Å². The lowest BCUT2D eigenvalue weighted by Crippen LogP contribution is -1.80. The second-order valence-corrected chi connectivity index (χ2v) is 8.91. The Balaban J connectivity index is 4.35. The van der Waals surface area contributed by atoms with E-state index in [0.29, 0.717) is 0 Å². The lowest BCUT2D eigenvalue weighted by molar-refractivity contribution is 0.918. The highest BCUT2D eigenvalue weighted by Crippen LogP contribution is 2.11. The molecular formula is C30H46. The predicted molar refractivity (Wildman–Crippen MR) is 140 cm³/mol. The van der Waals surface area contributed by atoms with Gasteiger partial charge in [-0.3, -0.25) is 0 Å². The van der Waals surface area contributed by atoms with E-state index in [0.717, 1.165) is 32.1 Å². The molecule has 0 aliphatic heterocycles. The van der Waals surface area contributed by atoms with Crippen molar-refractivity contribution < 1.29 is 0 Å². The Kier molecular flexibility index (Phi) is 16.5. The van der Waals surface area contributed by atoms with Gasteiger partial charge in [0.25, 0.3) is 0 Å². The normalized spacial score (nSPS) is 14.0. The van der Waals surface area contributed by atoms with Crippen molar-refractivity contribution in [3.05, 3.63) is 94.2 Å². The molecule has 0 N–H and O–H groups in total. The zero-order chi connectivity index (χ0) is 22.8. The highest BCUT2D eigenvalue weighted by molar-refractivity contribution is 5.27. The summed E-state index contributed by atoms with van der Waals surface area (Å²) < 4.78 is 0. The second-order valence-electron chi connectivity index (χ2n) is 8.91. The van der Waals surface area contributed by atoms with E-state index in [9.17, 15) is 0 Å². The molecule has 0 aliphatic carbocycles. The molecule has 0 fully saturated rings. The summed E-state index contributed by atoms with van der Waals surface area (Å²) >= 11 is 0. The van der Waals surface area contributed by atoms with Crippen LogP contribution in [0.5, 0.6) is 0 Å². The molecule has 0 heterocycles. The average Bonchev–Trinajstić information content (AvgIpc) is 2.64. The lowest BCUT2D eigenvalue weighted by Gasteiger charge is -2.00. The Labute approximate surface area is 188 Å². The van der Waals surface area contributed by atoms with Crippen molar-refractivity contribution in [2.24, 2.45) is 0 Å². The first-order chi connectivity index (χ1) is 14.2. The van der Waals surface area contributed by atoms with Crippen LogP contribution in [-0.4, -0.2) is 0 Å². The molecule has 0 heteroatoms. The molecule has 0 bridgehead atoms. The van der Waals surface area contributed by atoms with Crippen LogP contribution in [0.25, 0.3) is 0 Å². The van der Waals surface area contributed by atoms with Crippen molar-refractivity contribution in [1.82, 2.24) is 0 Å².